The fourth-order valence-electron chi connectivity index (χ4n) is 4.24. The van der Waals surface area contributed by atoms with Crippen LogP contribution in [0.15, 0.2) is 76.7 Å². The molecule has 0 atom stereocenters. The number of thioether (sulfide) groups is 1. The lowest BCUT2D eigenvalue weighted by molar-refractivity contribution is -0.113. The Morgan fingerprint density at radius 1 is 1.00 bits per heavy atom. The number of hydrogen-bond acceptors (Lipinski definition) is 5. The maximum absolute atomic E-state index is 13.5. The highest BCUT2D eigenvalue weighted by Crippen LogP contribution is 2.25. The highest BCUT2D eigenvalue weighted by molar-refractivity contribution is 7.99. The number of aryl methyl sites for hydroxylation is 3. The van der Waals surface area contributed by atoms with Crippen molar-refractivity contribution in [2.24, 2.45) is 0 Å². The molecule has 1 N–H and O–H groups in total. The van der Waals surface area contributed by atoms with Crippen LogP contribution in [0.3, 0.4) is 0 Å². The smallest absolute Gasteiger partial charge is 0.267 e. The number of carbonyl (C=O) groups is 1. The second-order valence-corrected chi connectivity index (χ2v) is 9.40. The number of rotatable bonds is 6. The molecule has 0 bridgehead atoms. The zero-order valence-electron chi connectivity index (χ0n) is 19.8. The molecule has 3 aromatic carbocycles. The number of hydrogen-bond donors (Lipinski definition) is 1. The Bertz CT molecular complexity index is 1640. The van der Waals surface area contributed by atoms with Gasteiger partial charge in [0, 0.05) is 5.69 Å². The van der Waals surface area contributed by atoms with Crippen LogP contribution < -0.4 is 10.9 Å². The molecule has 176 valence electrons. The first-order chi connectivity index (χ1) is 17.0. The first-order valence-corrected chi connectivity index (χ1v) is 12.4. The topological polar surface area (TPSA) is 81.3 Å². The number of nitrogens with zero attached hydrogens (tertiary/aromatic N) is 4. The van der Waals surface area contributed by atoms with Gasteiger partial charge in [-0.15, -0.1) is 10.2 Å². The van der Waals surface area contributed by atoms with Gasteiger partial charge in [-0.05, 0) is 61.7 Å². The summed E-state index contributed by atoms with van der Waals surface area (Å²) in [6.07, 6.45) is 0.902. The van der Waals surface area contributed by atoms with E-state index < -0.39 is 0 Å². The fourth-order valence-corrected chi connectivity index (χ4v) is 4.98. The van der Waals surface area contributed by atoms with Crippen molar-refractivity contribution in [2.75, 3.05) is 11.1 Å². The van der Waals surface area contributed by atoms with Gasteiger partial charge in [0.2, 0.25) is 11.7 Å². The van der Waals surface area contributed by atoms with Crippen molar-refractivity contribution in [2.45, 2.75) is 32.3 Å². The van der Waals surface area contributed by atoms with Crippen LogP contribution in [0.4, 0.5) is 5.69 Å². The van der Waals surface area contributed by atoms with E-state index in [-0.39, 0.29) is 17.2 Å². The van der Waals surface area contributed by atoms with Crippen molar-refractivity contribution in [1.82, 2.24) is 19.2 Å². The van der Waals surface area contributed by atoms with E-state index in [4.69, 9.17) is 0 Å². The number of amides is 1. The van der Waals surface area contributed by atoms with Gasteiger partial charge in [0.15, 0.2) is 5.16 Å². The van der Waals surface area contributed by atoms with Gasteiger partial charge in [-0.3, -0.25) is 14.0 Å². The maximum Gasteiger partial charge on any atom is 0.267 e. The molecule has 0 unspecified atom stereocenters. The van der Waals surface area contributed by atoms with Gasteiger partial charge in [-0.1, -0.05) is 60.6 Å². The zero-order valence-corrected chi connectivity index (χ0v) is 20.6. The van der Waals surface area contributed by atoms with Crippen LogP contribution >= 0.6 is 11.8 Å². The molecule has 0 saturated heterocycles. The monoisotopic (exact) mass is 483 g/mol. The van der Waals surface area contributed by atoms with Crippen LogP contribution in [0.2, 0.25) is 0 Å². The molecule has 8 heteroatoms. The van der Waals surface area contributed by atoms with E-state index in [1.165, 1.54) is 11.8 Å². The molecule has 0 aliphatic heterocycles. The van der Waals surface area contributed by atoms with E-state index in [2.05, 4.69) is 22.4 Å². The van der Waals surface area contributed by atoms with Crippen LogP contribution in [-0.2, 0) is 11.2 Å². The lowest BCUT2D eigenvalue weighted by atomic mass is 10.1. The van der Waals surface area contributed by atoms with Crippen molar-refractivity contribution in [3.8, 4) is 5.69 Å². The van der Waals surface area contributed by atoms with Gasteiger partial charge in [0.25, 0.3) is 5.56 Å². The average Bonchev–Trinajstić information content (AvgIpc) is 3.28. The van der Waals surface area contributed by atoms with E-state index in [9.17, 15) is 9.59 Å². The zero-order chi connectivity index (χ0) is 24.5. The Kier molecular flexibility index (Phi) is 6.13. The SMILES string of the molecule is CCc1cccc(NC(=O)CSc2nnc3n(-c4ccc(C)cc4C)c(=O)c4ccccc4n23)c1. The van der Waals surface area contributed by atoms with Crippen LogP contribution in [0.25, 0.3) is 22.4 Å². The third-order valence-corrected chi connectivity index (χ3v) is 6.87. The number of carbonyl (C=O) groups excluding carboxylic acids is 1. The largest absolute Gasteiger partial charge is 0.325 e. The van der Waals surface area contributed by atoms with E-state index in [0.717, 1.165) is 34.5 Å². The number of anilines is 1. The standard InChI is InChI=1S/C27H25N5O2S/c1-4-19-8-7-9-20(15-19)28-24(33)16-35-27-30-29-26-31(22-13-12-17(2)14-18(22)3)25(34)21-10-5-6-11-23(21)32(26)27/h5-15H,4,16H2,1-3H3,(H,28,33). The summed E-state index contributed by atoms with van der Waals surface area (Å²) in [5.74, 6) is 0.444. The molecule has 0 aliphatic rings. The van der Waals surface area contributed by atoms with Crippen molar-refractivity contribution in [1.29, 1.82) is 0 Å². The summed E-state index contributed by atoms with van der Waals surface area (Å²) in [7, 11) is 0. The van der Waals surface area contributed by atoms with Gasteiger partial charge in [-0.2, -0.15) is 0 Å². The van der Waals surface area contributed by atoms with Crippen LogP contribution in [0.1, 0.15) is 23.6 Å². The van der Waals surface area contributed by atoms with E-state index in [1.807, 2.05) is 78.9 Å². The van der Waals surface area contributed by atoms with E-state index in [1.54, 1.807) is 10.6 Å². The Hall–Kier alpha value is -3.91. The molecule has 2 aromatic heterocycles. The molecule has 5 aromatic rings. The van der Waals surface area contributed by atoms with E-state index in [0.29, 0.717) is 21.8 Å². The highest BCUT2D eigenvalue weighted by Gasteiger charge is 2.19. The minimum Gasteiger partial charge on any atom is -0.325 e. The summed E-state index contributed by atoms with van der Waals surface area (Å²) in [6.45, 7) is 6.07. The summed E-state index contributed by atoms with van der Waals surface area (Å²) in [5.41, 5.74) is 5.33. The molecule has 0 spiro atoms. The average molecular weight is 484 g/mol. The molecule has 0 saturated carbocycles. The van der Waals surface area contributed by atoms with Gasteiger partial charge in [-0.25, -0.2) is 4.57 Å². The van der Waals surface area contributed by atoms with Crippen molar-refractivity contribution in [3.05, 3.63) is 93.8 Å². The Morgan fingerprint density at radius 2 is 1.83 bits per heavy atom. The molecule has 0 fully saturated rings. The van der Waals surface area contributed by atoms with Crippen LogP contribution in [0, 0.1) is 13.8 Å². The summed E-state index contributed by atoms with van der Waals surface area (Å²) < 4.78 is 3.45. The fraction of sp³-hybridized carbons (Fsp3) is 0.185. The maximum atomic E-state index is 13.5. The van der Waals surface area contributed by atoms with Crippen molar-refractivity contribution < 1.29 is 4.79 Å². The second kappa shape index (κ2) is 9.38. The van der Waals surface area contributed by atoms with Gasteiger partial charge >= 0.3 is 0 Å². The predicted molar refractivity (Wildman–Crippen MR) is 141 cm³/mol. The molecule has 1 amide bonds. The second-order valence-electron chi connectivity index (χ2n) is 8.46. The van der Waals surface area contributed by atoms with E-state index >= 15 is 0 Å². The molecule has 0 radical (unpaired) electrons. The summed E-state index contributed by atoms with van der Waals surface area (Å²) in [6, 6.07) is 21.2. The normalized spacial score (nSPS) is 11.3. The molecule has 7 nitrogen and oxygen atoms in total. The van der Waals surface area contributed by atoms with Crippen LogP contribution in [0.5, 0.6) is 0 Å². The summed E-state index contributed by atoms with van der Waals surface area (Å²) in [5, 5.41) is 12.8. The Morgan fingerprint density at radius 3 is 2.63 bits per heavy atom. The van der Waals surface area contributed by atoms with Crippen molar-refractivity contribution in [3.63, 3.8) is 0 Å². The molecule has 0 aliphatic carbocycles. The lowest BCUT2D eigenvalue weighted by Crippen LogP contribution is -2.22. The third kappa shape index (κ3) is 4.33. The number of aromatic nitrogens is 4. The molecular formula is C27H25N5O2S. The Labute approximate surface area is 206 Å². The van der Waals surface area contributed by atoms with Gasteiger partial charge in [0.1, 0.15) is 0 Å². The first kappa shape index (κ1) is 22.9. The molecule has 35 heavy (non-hydrogen) atoms. The van der Waals surface area contributed by atoms with Crippen molar-refractivity contribution >= 4 is 40.0 Å². The van der Waals surface area contributed by atoms with Gasteiger partial charge < -0.3 is 5.32 Å². The predicted octanol–water partition coefficient (Wildman–Crippen LogP) is 4.94. The number of benzene rings is 3. The minimum atomic E-state index is -0.155. The number of para-hydroxylation sites is 1. The third-order valence-electron chi connectivity index (χ3n) is 5.94. The summed E-state index contributed by atoms with van der Waals surface area (Å²) >= 11 is 1.29. The molecular weight excluding hydrogens is 458 g/mol. The van der Waals surface area contributed by atoms with Gasteiger partial charge in [0.05, 0.1) is 22.3 Å². The summed E-state index contributed by atoms with van der Waals surface area (Å²) in [4.78, 5) is 26.2. The number of fused-ring (bicyclic) bond motifs is 3. The lowest BCUT2D eigenvalue weighted by Gasteiger charge is -2.13. The van der Waals surface area contributed by atoms with Crippen LogP contribution in [-0.4, -0.2) is 30.8 Å². The minimum absolute atomic E-state index is 0.132. The molecule has 2 heterocycles. The quantitative estimate of drug-likeness (QED) is 0.346. The molecule has 5 rings (SSSR count). The number of nitrogens with one attached hydrogen (secondary N) is 1. The Balaban J connectivity index is 1.54. The highest BCUT2D eigenvalue weighted by atomic mass is 32.2. The first-order valence-electron chi connectivity index (χ1n) is 11.4.